The molecule has 120 valence electrons. The SMILES string of the molecule is COc1ccc2c(c1)OC(C)(C)c1cnc(-c3ccccc3)nc1-2. The molecule has 4 nitrogen and oxygen atoms in total. The van der Waals surface area contributed by atoms with Gasteiger partial charge < -0.3 is 9.47 Å². The molecule has 4 rings (SSSR count). The summed E-state index contributed by atoms with van der Waals surface area (Å²) in [6.07, 6.45) is 1.87. The number of methoxy groups -OCH3 is 1. The lowest BCUT2D eigenvalue weighted by Gasteiger charge is -2.34. The van der Waals surface area contributed by atoms with Crippen LogP contribution in [0, 0.1) is 0 Å². The Morgan fingerprint density at radius 1 is 1.04 bits per heavy atom. The quantitative estimate of drug-likeness (QED) is 0.700. The Morgan fingerprint density at radius 2 is 1.83 bits per heavy atom. The third-order valence-corrected chi connectivity index (χ3v) is 4.28. The minimum atomic E-state index is -0.496. The standard InChI is InChI=1S/C20H18N2O2/c1-20(2)16-12-21-19(13-7-5-4-6-8-13)22-18(16)15-10-9-14(23-3)11-17(15)24-20/h4-12H,1-3H3. The van der Waals surface area contributed by atoms with Crippen molar-refractivity contribution >= 4 is 0 Å². The molecule has 0 saturated heterocycles. The molecule has 1 aromatic heterocycles. The Bertz CT molecular complexity index is 905. The maximum atomic E-state index is 6.17. The number of rotatable bonds is 2. The Hall–Kier alpha value is -2.88. The predicted molar refractivity (Wildman–Crippen MR) is 93.1 cm³/mol. The number of hydrogen-bond donors (Lipinski definition) is 0. The number of ether oxygens (including phenoxy) is 2. The molecule has 0 N–H and O–H groups in total. The van der Waals surface area contributed by atoms with E-state index in [0.717, 1.165) is 33.9 Å². The van der Waals surface area contributed by atoms with Crippen molar-refractivity contribution in [2.24, 2.45) is 0 Å². The molecule has 0 saturated carbocycles. The maximum absolute atomic E-state index is 6.17. The van der Waals surface area contributed by atoms with E-state index < -0.39 is 5.60 Å². The zero-order chi connectivity index (χ0) is 16.7. The van der Waals surface area contributed by atoms with Gasteiger partial charge in [0.1, 0.15) is 17.1 Å². The van der Waals surface area contributed by atoms with Gasteiger partial charge in [0.25, 0.3) is 0 Å². The summed E-state index contributed by atoms with van der Waals surface area (Å²) >= 11 is 0. The molecule has 0 unspecified atom stereocenters. The van der Waals surface area contributed by atoms with Crippen molar-refractivity contribution in [1.82, 2.24) is 9.97 Å². The molecule has 0 radical (unpaired) electrons. The summed E-state index contributed by atoms with van der Waals surface area (Å²) in [6, 6.07) is 15.8. The van der Waals surface area contributed by atoms with Crippen molar-refractivity contribution in [3.8, 4) is 34.1 Å². The Kier molecular flexibility index (Phi) is 3.27. The lowest BCUT2D eigenvalue weighted by atomic mass is 9.90. The molecule has 0 bridgehead atoms. The van der Waals surface area contributed by atoms with Gasteiger partial charge in [0, 0.05) is 29.0 Å². The summed E-state index contributed by atoms with van der Waals surface area (Å²) in [5.41, 5.74) is 3.37. The highest BCUT2D eigenvalue weighted by atomic mass is 16.5. The highest BCUT2D eigenvalue weighted by molar-refractivity contribution is 5.75. The smallest absolute Gasteiger partial charge is 0.159 e. The second kappa shape index (κ2) is 5.34. The van der Waals surface area contributed by atoms with Gasteiger partial charge in [-0.2, -0.15) is 0 Å². The van der Waals surface area contributed by atoms with E-state index in [1.54, 1.807) is 7.11 Å². The first-order valence-corrected chi connectivity index (χ1v) is 7.89. The molecule has 2 heterocycles. The first-order valence-electron chi connectivity index (χ1n) is 7.89. The third-order valence-electron chi connectivity index (χ3n) is 4.28. The topological polar surface area (TPSA) is 44.2 Å². The van der Waals surface area contributed by atoms with Gasteiger partial charge in [0.2, 0.25) is 0 Å². The minimum Gasteiger partial charge on any atom is -0.497 e. The second-order valence-electron chi connectivity index (χ2n) is 6.30. The van der Waals surface area contributed by atoms with Crippen LogP contribution in [0.3, 0.4) is 0 Å². The molecule has 1 aliphatic heterocycles. The molecule has 0 aliphatic carbocycles. The number of hydrogen-bond acceptors (Lipinski definition) is 4. The summed E-state index contributed by atoms with van der Waals surface area (Å²) in [5.74, 6) is 2.27. The van der Waals surface area contributed by atoms with Gasteiger partial charge in [-0.3, -0.25) is 0 Å². The molecule has 0 spiro atoms. The number of benzene rings is 2. The average molecular weight is 318 g/mol. The molecule has 2 aromatic carbocycles. The van der Waals surface area contributed by atoms with E-state index in [0.29, 0.717) is 5.82 Å². The van der Waals surface area contributed by atoms with Crippen molar-refractivity contribution in [3.63, 3.8) is 0 Å². The van der Waals surface area contributed by atoms with E-state index in [4.69, 9.17) is 14.5 Å². The van der Waals surface area contributed by atoms with Gasteiger partial charge in [0.05, 0.1) is 12.8 Å². The minimum absolute atomic E-state index is 0.496. The molecule has 3 aromatic rings. The monoisotopic (exact) mass is 318 g/mol. The molecule has 0 amide bonds. The van der Waals surface area contributed by atoms with Crippen LogP contribution in [0.1, 0.15) is 19.4 Å². The van der Waals surface area contributed by atoms with Gasteiger partial charge in [0.15, 0.2) is 5.82 Å². The average Bonchev–Trinajstić information content (AvgIpc) is 2.61. The Labute approximate surface area is 141 Å². The third kappa shape index (κ3) is 2.31. The van der Waals surface area contributed by atoms with E-state index in [2.05, 4.69) is 4.98 Å². The highest BCUT2D eigenvalue weighted by Gasteiger charge is 2.34. The molecule has 24 heavy (non-hydrogen) atoms. The van der Waals surface area contributed by atoms with E-state index in [9.17, 15) is 0 Å². The highest BCUT2D eigenvalue weighted by Crippen LogP contribution is 2.45. The van der Waals surface area contributed by atoms with E-state index in [1.807, 2.05) is 68.6 Å². The van der Waals surface area contributed by atoms with Crippen LogP contribution in [-0.4, -0.2) is 17.1 Å². The van der Waals surface area contributed by atoms with Crippen LogP contribution in [0.2, 0.25) is 0 Å². The normalized spacial score (nSPS) is 14.3. The van der Waals surface area contributed by atoms with Crippen LogP contribution in [0.4, 0.5) is 0 Å². The second-order valence-corrected chi connectivity index (χ2v) is 6.30. The van der Waals surface area contributed by atoms with Crippen LogP contribution in [0.5, 0.6) is 11.5 Å². The fourth-order valence-corrected chi connectivity index (χ4v) is 2.99. The van der Waals surface area contributed by atoms with Crippen LogP contribution >= 0.6 is 0 Å². The lowest BCUT2D eigenvalue weighted by Crippen LogP contribution is -2.30. The fourth-order valence-electron chi connectivity index (χ4n) is 2.99. The van der Waals surface area contributed by atoms with E-state index >= 15 is 0 Å². The summed E-state index contributed by atoms with van der Waals surface area (Å²) in [5, 5.41) is 0. The molecule has 4 heteroatoms. The lowest BCUT2D eigenvalue weighted by molar-refractivity contribution is 0.104. The summed E-state index contributed by atoms with van der Waals surface area (Å²) in [4.78, 5) is 9.39. The molecule has 1 aliphatic rings. The van der Waals surface area contributed by atoms with Gasteiger partial charge >= 0.3 is 0 Å². The van der Waals surface area contributed by atoms with E-state index in [1.165, 1.54) is 0 Å². The predicted octanol–water partition coefficient (Wildman–Crippen LogP) is 4.45. The van der Waals surface area contributed by atoms with Crippen LogP contribution in [-0.2, 0) is 5.60 Å². The Balaban J connectivity index is 1.92. The summed E-state index contributed by atoms with van der Waals surface area (Å²) < 4.78 is 11.5. The van der Waals surface area contributed by atoms with Crippen molar-refractivity contribution in [1.29, 1.82) is 0 Å². The summed E-state index contributed by atoms with van der Waals surface area (Å²) in [7, 11) is 1.65. The van der Waals surface area contributed by atoms with Crippen LogP contribution in [0.15, 0.2) is 54.7 Å². The molecular formula is C20H18N2O2. The van der Waals surface area contributed by atoms with Crippen molar-refractivity contribution in [2.75, 3.05) is 7.11 Å². The largest absolute Gasteiger partial charge is 0.497 e. The van der Waals surface area contributed by atoms with Gasteiger partial charge in [-0.05, 0) is 26.0 Å². The summed E-state index contributed by atoms with van der Waals surface area (Å²) in [6.45, 7) is 4.06. The molecular weight excluding hydrogens is 300 g/mol. The van der Waals surface area contributed by atoms with Crippen molar-refractivity contribution in [3.05, 3.63) is 60.3 Å². The van der Waals surface area contributed by atoms with Crippen molar-refractivity contribution in [2.45, 2.75) is 19.4 Å². The van der Waals surface area contributed by atoms with Crippen molar-refractivity contribution < 1.29 is 9.47 Å². The fraction of sp³-hybridized carbons (Fsp3) is 0.200. The molecule has 0 atom stereocenters. The first-order chi connectivity index (χ1) is 11.6. The zero-order valence-electron chi connectivity index (χ0n) is 13.9. The number of fused-ring (bicyclic) bond motifs is 3. The maximum Gasteiger partial charge on any atom is 0.159 e. The van der Waals surface area contributed by atoms with Crippen LogP contribution < -0.4 is 9.47 Å². The van der Waals surface area contributed by atoms with Gasteiger partial charge in [-0.15, -0.1) is 0 Å². The van der Waals surface area contributed by atoms with Gasteiger partial charge in [-0.1, -0.05) is 30.3 Å². The van der Waals surface area contributed by atoms with Gasteiger partial charge in [-0.25, -0.2) is 9.97 Å². The number of aromatic nitrogens is 2. The first kappa shape index (κ1) is 14.7. The zero-order valence-corrected chi connectivity index (χ0v) is 13.9. The number of nitrogens with zero attached hydrogens (tertiary/aromatic N) is 2. The van der Waals surface area contributed by atoms with Crippen LogP contribution in [0.25, 0.3) is 22.6 Å². The van der Waals surface area contributed by atoms with E-state index in [-0.39, 0.29) is 0 Å². The Morgan fingerprint density at radius 3 is 2.58 bits per heavy atom. The molecule has 0 fully saturated rings.